The van der Waals surface area contributed by atoms with Crippen LogP contribution in [0.4, 0.5) is 5.82 Å². The van der Waals surface area contributed by atoms with Crippen LogP contribution in [0.5, 0.6) is 0 Å². The van der Waals surface area contributed by atoms with Crippen molar-refractivity contribution in [3.63, 3.8) is 0 Å². The number of carbonyl (C=O) groups is 2. The molecule has 0 aliphatic carbocycles. The Morgan fingerprint density at radius 1 is 1.32 bits per heavy atom. The summed E-state index contributed by atoms with van der Waals surface area (Å²) in [6, 6.07) is 6.95. The average molecular weight is 340 g/mol. The molecule has 2 aliphatic rings. The van der Waals surface area contributed by atoms with Crippen molar-refractivity contribution in [2.45, 2.75) is 25.4 Å². The molecule has 2 amide bonds. The Kier molecular flexibility index (Phi) is 3.71. The van der Waals surface area contributed by atoms with Crippen LogP contribution in [0.1, 0.15) is 40.7 Å². The largest absolute Gasteiger partial charge is 0.459 e. The Hall–Kier alpha value is -2.83. The summed E-state index contributed by atoms with van der Waals surface area (Å²) in [6.07, 6.45) is 4.51. The highest BCUT2D eigenvalue weighted by atomic mass is 16.3. The number of pyridine rings is 1. The van der Waals surface area contributed by atoms with Crippen molar-refractivity contribution in [3.8, 4) is 0 Å². The lowest BCUT2D eigenvalue weighted by Crippen LogP contribution is -2.68. The molecule has 0 bridgehead atoms. The van der Waals surface area contributed by atoms with Crippen molar-refractivity contribution in [2.24, 2.45) is 0 Å². The van der Waals surface area contributed by atoms with Gasteiger partial charge >= 0.3 is 0 Å². The summed E-state index contributed by atoms with van der Waals surface area (Å²) in [4.78, 5) is 33.4. The number of aromatic nitrogens is 1. The third-order valence-electron chi connectivity index (χ3n) is 5.08. The fourth-order valence-corrected chi connectivity index (χ4v) is 3.82. The Morgan fingerprint density at radius 3 is 2.80 bits per heavy atom. The Labute approximate surface area is 145 Å². The van der Waals surface area contributed by atoms with Gasteiger partial charge in [-0.2, -0.15) is 0 Å². The molecule has 130 valence electrons. The molecule has 2 aromatic rings. The van der Waals surface area contributed by atoms with E-state index >= 15 is 0 Å². The van der Waals surface area contributed by atoms with Crippen LogP contribution in [-0.4, -0.2) is 47.0 Å². The summed E-state index contributed by atoms with van der Waals surface area (Å²) in [5.74, 6) is 0.865. The maximum Gasteiger partial charge on any atom is 0.289 e. The normalized spacial score (nSPS) is 18.8. The van der Waals surface area contributed by atoms with E-state index in [0.717, 1.165) is 12.4 Å². The number of nitrogens with zero attached hydrogens (tertiary/aromatic N) is 3. The van der Waals surface area contributed by atoms with Crippen LogP contribution in [0.15, 0.2) is 41.1 Å². The third kappa shape index (κ3) is 2.47. The van der Waals surface area contributed by atoms with Gasteiger partial charge in [0.05, 0.1) is 11.8 Å². The quantitative estimate of drug-likeness (QED) is 0.903. The maximum atomic E-state index is 12.5. The van der Waals surface area contributed by atoms with Crippen molar-refractivity contribution < 1.29 is 14.0 Å². The summed E-state index contributed by atoms with van der Waals surface area (Å²) < 4.78 is 5.21. The molecule has 1 saturated heterocycles. The topological polar surface area (TPSA) is 78.7 Å². The van der Waals surface area contributed by atoms with Crippen LogP contribution in [0.25, 0.3) is 0 Å². The molecule has 1 fully saturated rings. The minimum Gasteiger partial charge on any atom is -0.459 e. The zero-order chi connectivity index (χ0) is 17.4. The number of anilines is 1. The third-order valence-corrected chi connectivity index (χ3v) is 5.08. The fraction of sp³-hybridized carbons (Fsp3) is 0.389. The zero-order valence-corrected chi connectivity index (χ0v) is 14.1. The fourth-order valence-electron chi connectivity index (χ4n) is 3.82. The van der Waals surface area contributed by atoms with E-state index in [2.05, 4.69) is 22.1 Å². The Bertz CT molecular complexity index is 794. The summed E-state index contributed by atoms with van der Waals surface area (Å²) in [5.41, 5.74) is 0.108. The second kappa shape index (κ2) is 5.91. The van der Waals surface area contributed by atoms with Crippen molar-refractivity contribution >= 4 is 17.6 Å². The molecule has 0 aromatic carbocycles. The first-order valence-corrected chi connectivity index (χ1v) is 8.52. The second-order valence-corrected chi connectivity index (χ2v) is 6.37. The number of amides is 2. The van der Waals surface area contributed by atoms with Crippen molar-refractivity contribution in [1.29, 1.82) is 0 Å². The van der Waals surface area contributed by atoms with Crippen LogP contribution < -0.4 is 10.2 Å². The molecule has 7 nitrogen and oxygen atoms in total. The molecule has 7 heteroatoms. The van der Waals surface area contributed by atoms with Crippen molar-refractivity contribution in [2.75, 3.05) is 24.5 Å². The van der Waals surface area contributed by atoms with Crippen molar-refractivity contribution in [1.82, 2.24) is 15.2 Å². The number of hydrogen-bond donors (Lipinski definition) is 1. The SMILES string of the molecule is CCN1c2ncccc2C(=O)NC12CCN(C(=O)c1ccco1)CC2. The summed E-state index contributed by atoms with van der Waals surface area (Å²) in [5, 5.41) is 3.17. The molecule has 0 unspecified atom stereocenters. The van der Waals surface area contributed by atoms with Gasteiger partial charge in [-0.1, -0.05) is 0 Å². The van der Waals surface area contributed by atoms with E-state index in [1.807, 2.05) is 0 Å². The van der Waals surface area contributed by atoms with Gasteiger partial charge in [0, 0.05) is 38.7 Å². The highest BCUT2D eigenvalue weighted by molar-refractivity contribution is 6.01. The number of furan rings is 1. The minimum atomic E-state index is -0.493. The standard InChI is InChI=1S/C18H20N4O3/c1-2-22-15-13(5-3-9-19-15)16(23)20-18(22)7-10-21(11-8-18)17(24)14-6-4-12-25-14/h3-6,9,12H,2,7-8,10-11H2,1H3,(H,20,23). The molecule has 0 radical (unpaired) electrons. The number of rotatable bonds is 2. The van der Waals surface area contributed by atoms with E-state index < -0.39 is 5.66 Å². The molecule has 4 heterocycles. The predicted octanol–water partition coefficient (Wildman–Crippen LogP) is 1.88. The van der Waals surface area contributed by atoms with E-state index in [0.29, 0.717) is 37.3 Å². The number of hydrogen-bond acceptors (Lipinski definition) is 5. The van der Waals surface area contributed by atoms with E-state index in [4.69, 9.17) is 4.42 Å². The van der Waals surface area contributed by atoms with Crippen LogP contribution in [0.3, 0.4) is 0 Å². The van der Waals surface area contributed by atoms with Gasteiger partial charge < -0.3 is 19.5 Å². The number of fused-ring (bicyclic) bond motifs is 1. The van der Waals surface area contributed by atoms with E-state index in [1.165, 1.54) is 6.26 Å². The highest BCUT2D eigenvalue weighted by Crippen LogP contribution is 2.36. The molecular formula is C18H20N4O3. The smallest absolute Gasteiger partial charge is 0.289 e. The lowest BCUT2D eigenvalue weighted by atomic mass is 9.91. The molecule has 0 saturated carbocycles. The van der Waals surface area contributed by atoms with Gasteiger partial charge in [0.25, 0.3) is 11.8 Å². The summed E-state index contributed by atoms with van der Waals surface area (Å²) in [6.45, 7) is 3.89. The first kappa shape index (κ1) is 15.7. The maximum absolute atomic E-state index is 12.5. The minimum absolute atomic E-state index is 0.0985. The molecule has 25 heavy (non-hydrogen) atoms. The van der Waals surface area contributed by atoms with Gasteiger partial charge in [-0.15, -0.1) is 0 Å². The first-order chi connectivity index (χ1) is 12.1. The van der Waals surface area contributed by atoms with Gasteiger partial charge in [-0.05, 0) is 31.2 Å². The van der Waals surface area contributed by atoms with Crippen LogP contribution in [-0.2, 0) is 0 Å². The molecule has 1 spiro atoms. The molecule has 1 N–H and O–H groups in total. The van der Waals surface area contributed by atoms with Gasteiger partial charge in [-0.25, -0.2) is 4.98 Å². The van der Waals surface area contributed by atoms with Gasteiger partial charge in [0.1, 0.15) is 11.5 Å². The number of likely N-dealkylation sites (tertiary alicyclic amines) is 1. The molecule has 2 aromatic heterocycles. The Balaban J connectivity index is 1.58. The Morgan fingerprint density at radius 2 is 2.12 bits per heavy atom. The number of carbonyl (C=O) groups excluding carboxylic acids is 2. The average Bonchev–Trinajstić information content (AvgIpc) is 3.17. The summed E-state index contributed by atoms with van der Waals surface area (Å²) in [7, 11) is 0. The monoisotopic (exact) mass is 340 g/mol. The number of nitrogens with one attached hydrogen (secondary N) is 1. The molecule has 2 aliphatic heterocycles. The predicted molar refractivity (Wildman–Crippen MR) is 91.3 cm³/mol. The molecule has 4 rings (SSSR count). The van der Waals surface area contributed by atoms with Gasteiger partial charge in [0.2, 0.25) is 0 Å². The molecular weight excluding hydrogens is 320 g/mol. The van der Waals surface area contributed by atoms with Crippen molar-refractivity contribution in [3.05, 3.63) is 48.0 Å². The zero-order valence-electron chi connectivity index (χ0n) is 14.1. The summed E-state index contributed by atoms with van der Waals surface area (Å²) >= 11 is 0. The van der Waals surface area contributed by atoms with Gasteiger partial charge in [0.15, 0.2) is 5.76 Å². The van der Waals surface area contributed by atoms with Crippen LogP contribution in [0.2, 0.25) is 0 Å². The molecule has 0 atom stereocenters. The number of piperidine rings is 1. The highest BCUT2D eigenvalue weighted by Gasteiger charge is 2.46. The van der Waals surface area contributed by atoms with E-state index in [-0.39, 0.29) is 11.8 Å². The van der Waals surface area contributed by atoms with Crippen LogP contribution >= 0.6 is 0 Å². The second-order valence-electron chi connectivity index (χ2n) is 6.37. The van der Waals surface area contributed by atoms with Gasteiger partial charge in [-0.3, -0.25) is 9.59 Å². The van der Waals surface area contributed by atoms with Crippen LogP contribution in [0, 0.1) is 0 Å². The lowest BCUT2D eigenvalue weighted by Gasteiger charge is -2.51. The first-order valence-electron chi connectivity index (χ1n) is 8.52. The van der Waals surface area contributed by atoms with E-state index in [1.54, 1.807) is 35.4 Å². The van der Waals surface area contributed by atoms with E-state index in [9.17, 15) is 9.59 Å². The lowest BCUT2D eigenvalue weighted by molar-refractivity contribution is 0.0576.